The van der Waals surface area contributed by atoms with Crippen molar-refractivity contribution in [2.24, 2.45) is 0 Å². The van der Waals surface area contributed by atoms with E-state index < -0.39 is 18.1 Å². The molecule has 2 rings (SSSR count). The first kappa shape index (κ1) is 13.1. The van der Waals surface area contributed by atoms with Crippen molar-refractivity contribution in [3.8, 4) is 0 Å². The van der Waals surface area contributed by atoms with Gasteiger partial charge in [0, 0.05) is 6.54 Å². The second-order valence-corrected chi connectivity index (χ2v) is 4.25. The van der Waals surface area contributed by atoms with Crippen LogP contribution >= 0.6 is 0 Å². The van der Waals surface area contributed by atoms with Crippen molar-refractivity contribution in [3.05, 3.63) is 48.0 Å². The number of rotatable bonds is 3. The average Bonchev–Trinajstić information content (AvgIpc) is 2.43. The van der Waals surface area contributed by atoms with Crippen LogP contribution in [0, 0.1) is 0 Å². The van der Waals surface area contributed by atoms with Gasteiger partial charge in [-0.15, -0.1) is 0 Å². The number of ether oxygens (including phenoxy) is 1. The van der Waals surface area contributed by atoms with E-state index in [4.69, 9.17) is 4.74 Å². The first-order chi connectivity index (χ1) is 9.15. The number of carboxylic acid groups (broad SMARTS) is 1. The molecule has 1 amide bonds. The van der Waals surface area contributed by atoms with E-state index in [0.717, 1.165) is 5.56 Å². The molecule has 100 valence electrons. The predicted octanol–water partition coefficient (Wildman–Crippen LogP) is 1.99. The average molecular weight is 261 g/mol. The molecular weight excluding hydrogens is 246 g/mol. The molecule has 19 heavy (non-hydrogen) atoms. The Kier molecular flexibility index (Phi) is 3.85. The molecule has 0 radical (unpaired) electrons. The lowest BCUT2D eigenvalue weighted by Crippen LogP contribution is -2.43. The van der Waals surface area contributed by atoms with Gasteiger partial charge in [0.25, 0.3) is 0 Å². The smallest absolute Gasteiger partial charge is 0.411 e. The topological polar surface area (TPSA) is 66.8 Å². The number of hydrogen-bond donors (Lipinski definition) is 1. The second kappa shape index (κ2) is 5.56. The summed E-state index contributed by atoms with van der Waals surface area (Å²) in [7, 11) is 0. The molecule has 5 nitrogen and oxygen atoms in total. The normalized spacial score (nSPS) is 17.5. The molecule has 1 aliphatic heterocycles. The fourth-order valence-electron chi connectivity index (χ4n) is 2.24. The van der Waals surface area contributed by atoms with Crippen molar-refractivity contribution >= 4 is 12.1 Å². The van der Waals surface area contributed by atoms with E-state index in [1.165, 1.54) is 11.0 Å². The van der Waals surface area contributed by atoms with Crippen LogP contribution < -0.4 is 0 Å². The first-order valence-electron chi connectivity index (χ1n) is 6.00. The molecule has 0 aromatic heterocycles. The SMILES string of the molecule is C=CCOC(=O)N1CCc2ccccc2[C@@H]1C(=O)O. The van der Waals surface area contributed by atoms with Gasteiger partial charge in [0.15, 0.2) is 6.04 Å². The Morgan fingerprint density at radius 1 is 1.47 bits per heavy atom. The molecular formula is C14H15NO4. The lowest BCUT2D eigenvalue weighted by atomic mass is 9.93. The molecule has 1 N–H and O–H groups in total. The minimum Gasteiger partial charge on any atom is -0.479 e. The van der Waals surface area contributed by atoms with E-state index in [2.05, 4.69) is 6.58 Å². The molecule has 0 saturated carbocycles. The molecule has 1 aromatic carbocycles. The number of nitrogens with zero attached hydrogens (tertiary/aromatic N) is 1. The predicted molar refractivity (Wildman–Crippen MR) is 68.8 cm³/mol. The van der Waals surface area contributed by atoms with Crippen LogP contribution in [0.2, 0.25) is 0 Å². The van der Waals surface area contributed by atoms with Crippen molar-refractivity contribution in [2.45, 2.75) is 12.5 Å². The Balaban J connectivity index is 2.29. The zero-order valence-electron chi connectivity index (χ0n) is 10.4. The molecule has 0 spiro atoms. The molecule has 1 aromatic rings. The van der Waals surface area contributed by atoms with Gasteiger partial charge in [-0.3, -0.25) is 4.90 Å². The Morgan fingerprint density at radius 2 is 2.21 bits per heavy atom. The van der Waals surface area contributed by atoms with Gasteiger partial charge in [-0.05, 0) is 17.5 Å². The Labute approximate surface area is 111 Å². The maximum Gasteiger partial charge on any atom is 0.411 e. The molecule has 0 fully saturated rings. The number of amides is 1. The quantitative estimate of drug-likeness (QED) is 0.845. The van der Waals surface area contributed by atoms with Gasteiger partial charge in [-0.25, -0.2) is 9.59 Å². The number of aliphatic carboxylic acids is 1. The number of hydrogen-bond acceptors (Lipinski definition) is 3. The monoisotopic (exact) mass is 261 g/mol. The lowest BCUT2D eigenvalue weighted by molar-refractivity contribution is -0.143. The second-order valence-electron chi connectivity index (χ2n) is 4.25. The van der Waals surface area contributed by atoms with Crippen molar-refractivity contribution < 1.29 is 19.4 Å². The van der Waals surface area contributed by atoms with Crippen LogP contribution in [-0.4, -0.2) is 35.2 Å². The summed E-state index contributed by atoms with van der Waals surface area (Å²) in [5.41, 5.74) is 1.61. The Hall–Kier alpha value is -2.30. The fourth-order valence-corrected chi connectivity index (χ4v) is 2.24. The summed E-state index contributed by atoms with van der Waals surface area (Å²) >= 11 is 0. The van der Waals surface area contributed by atoms with Gasteiger partial charge in [0.2, 0.25) is 0 Å². The van der Waals surface area contributed by atoms with E-state index >= 15 is 0 Å². The summed E-state index contributed by atoms with van der Waals surface area (Å²) < 4.78 is 4.93. The maximum absolute atomic E-state index is 11.9. The number of carbonyl (C=O) groups is 2. The number of benzene rings is 1. The summed E-state index contributed by atoms with van der Waals surface area (Å²) in [5.74, 6) is -1.05. The molecule has 0 aliphatic carbocycles. The molecule has 1 aliphatic rings. The van der Waals surface area contributed by atoms with Crippen molar-refractivity contribution in [2.75, 3.05) is 13.2 Å². The van der Waals surface area contributed by atoms with Gasteiger partial charge in [0.1, 0.15) is 6.61 Å². The molecule has 0 bridgehead atoms. The minimum absolute atomic E-state index is 0.0727. The third kappa shape index (κ3) is 2.59. The lowest BCUT2D eigenvalue weighted by Gasteiger charge is -2.33. The highest BCUT2D eigenvalue weighted by molar-refractivity contribution is 5.82. The highest BCUT2D eigenvalue weighted by atomic mass is 16.6. The zero-order valence-corrected chi connectivity index (χ0v) is 10.4. The fraction of sp³-hybridized carbons (Fsp3) is 0.286. The molecule has 0 unspecified atom stereocenters. The molecule has 1 heterocycles. The van der Waals surface area contributed by atoms with Crippen LogP contribution in [0.15, 0.2) is 36.9 Å². The standard InChI is InChI=1S/C14H15NO4/c1-2-9-19-14(18)15-8-7-10-5-3-4-6-11(10)12(15)13(16)17/h2-6,12H,1,7-9H2,(H,16,17)/t12-/m1/s1. The van der Waals surface area contributed by atoms with Crippen LogP contribution in [0.25, 0.3) is 0 Å². The number of carbonyl (C=O) groups excluding carboxylic acids is 1. The van der Waals surface area contributed by atoms with E-state index in [1.807, 2.05) is 12.1 Å². The number of carboxylic acids is 1. The Morgan fingerprint density at radius 3 is 2.89 bits per heavy atom. The van der Waals surface area contributed by atoms with Crippen molar-refractivity contribution in [3.63, 3.8) is 0 Å². The van der Waals surface area contributed by atoms with Crippen LogP contribution in [0.1, 0.15) is 17.2 Å². The van der Waals surface area contributed by atoms with Crippen LogP contribution in [0.4, 0.5) is 4.79 Å². The summed E-state index contributed by atoms with van der Waals surface area (Å²) in [6, 6.07) is 6.28. The Bertz CT molecular complexity index is 512. The molecule has 5 heteroatoms. The van der Waals surface area contributed by atoms with Gasteiger partial charge in [-0.1, -0.05) is 36.9 Å². The van der Waals surface area contributed by atoms with Crippen molar-refractivity contribution in [1.29, 1.82) is 0 Å². The largest absolute Gasteiger partial charge is 0.479 e. The summed E-state index contributed by atoms with van der Waals surface area (Å²) in [4.78, 5) is 24.6. The molecule has 0 saturated heterocycles. The highest BCUT2D eigenvalue weighted by Gasteiger charge is 2.36. The maximum atomic E-state index is 11.9. The van der Waals surface area contributed by atoms with Gasteiger partial charge < -0.3 is 9.84 Å². The van der Waals surface area contributed by atoms with E-state index in [9.17, 15) is 14.7 Å². The van der Waals surface area contributed by atoms with E-state index in [0.29, 0.717) is 18.5 Å². The van der Waals surface area contributed by atoms with Gasteiger partial charge in [0.05, 0.1) is 0 Å². The summed E-state index contributed by atoms with van der Waals surface area (Å²) in [5, 5.41) is 9.36. The van der Waals surface area contributed by atoms with E-state index in [1.54, 1.807) is 12.1 Å². The first-order valence-corrected chi connectivity index (χ1v) is 6.00. The molecule has 1 atom stereocenters. The summed E-state index contributed by atoms with van der Waals surface area (Å²) in [6.07, 6.45) is 1.45. The van der Waals surface area contributed by atoms with Crippen LogP contribution in [0.5, 0.6) is 0 Å². The summed E-state index contributed by atoms with van der Waals surface area (Å²) in [6.45, 7) is 3.87. The van der Waals surface area contributed by atoms with Gasteiger partial charge in [-0.2, -0.15) is 0 Å². The third-order valence-corrected chi connectivity index (χ3v) is 3.08. The van der Waals surface area contributed by atoms with E-state index in [-0.39, 0.29) is 6.61 Å². The van der Waals surface area contributed by atoms with Crippen LogP contribution in [-0.2, 0) is 16.0 Å². The van der Waals surface area contributed by atoms with Crippen molar-refractivity contribution in [1.82, 2.24) is 4.90 Å². The van der Waals surface area contributed by atoms with Crippen LogP contribution in [0.3, 0.4) is 0 Å². The third-order valence-electron chi connectivity index (χ3n) is 3.08. The highest BCUT2D eigenvalue weighted by Crippen LogP contribution is 2.30. The van der Waals surface area contributed by atoms with Gasteiger partial charge >= 0.3 is 12.1 Å². The zero-order chi connectivity index (χ0) is 13.8. The minimum atomic E-state index is -1.05. The number of fused-ring (bicyclic) bond motifs is 1.